The lowest BCUT2D eigenvalue weighted by Crippen LogP contribution is -2.34. The van der Waals surface area contributed by atoms with E-state index in [-0.39, 0.29) is 6.54 Å². The molecule has 6 nitrogen and oxygen atoms in total. The molecule has 172 valence electrons. The minimum absolute atomic E-state index is 0.226. The molecule has 0 saturated heterocycles. The van der Waals surface area contributed by atoms with Crippen molar-refractivity contribution in [3.05, 3.63) is 98.3 Å². The molecule has 2 amide bonds. The van der Waals surface area contributed by atoms with E-state index < -0.39 is 11.8 Å². The maximum Gasteiger partial charge on any atom is 0.263 e. The Labute approximate surface area is 213 Å². The first kappa shape index (κ1) is 23.9. The van der Waals surface area contributed by atoms with Gasteiger partial charge in [0.25, 0.3) is 11.8 Å². The van der Waals surface area contributed by atoms with E-state index in [1.54, 1.807) is 0 Å². The van der Waals surface area contributed by atoms with Crippen molar-refractivity contribution in [2.45, 2.75) is 6.61 Å². The number of nitrogens with zero attached hydrogens (tertiary/aromatic N) is 1. The van der Waals surface area contributed by atoms with Gasteiger partial charge in [0, 0.05) is 14.6 Å². The number of nitrogens with one attached hydrogen (secondary N) is 2. The summed E-state index contributed by atoms with van der Waals surface area (Å²) in [4.78, 5) is 24.9. The number of ether oxygens (including phenoxy) is 1. The third-order valence-electron chi connectivity index (χ3n) is 4.71. The molecule has 0 aliphatic heterocycles. The molecular formula is C25H19BrClN3O3S. The van der Waals surface area contributed by atoms with Crippen LogP contribution in [0.3, 0.4) is 0 Å². The van der Waals surface area contributed by atoms with Crippen LogP contribution in [-0.2, 0) is 11.4 Å². The van der Waals surface area contributed by atoms with Crippen LogP contribution in [0.5, 0.6) is 5.75 Å². The second kappa shape index (κ2) is 11.3. The Morgan fingerprint density at radius 3 is 2.71 bits per heavy atom. The fourth-order valence-corrected chi connectivity index (χ4v) is 4.98. The Kier molecular flexibility index (Phi) is 7.95. The minimum Gasteiger partial charge on any atom is -0.489 e. The van der Waals surface area contributed by atoms with Crippen molar-refractivity contribution in [3.8, 4) is 5.75 Å². The first-order valence-corrected chi connectivity index (χ1v) is 12.2. The monoisotopic (exact) mass is 555 g/mol. The van der Waals surface area contributed by atoms with Gasteiger partial charge in [-0.05, 0) is 41.5 Å². The Balaban J connectivity index is 1.27. The SMILES string of the molecule is O=C(CNC(=O)c1sc2ccccc2c1Cl)NN=Cc1cccc(OCc2cccc(Br)c2)c1. The first-order chi connectivity index (χ1) is 16.5. The number of hydrazone groups is 1. The Morgan fingerprint density at radius 2 is 1.88 bits per heavy atom. The molecule has 0 aliphatic rings. The van der Waals surface area contributed by atoms with Crippen LogP contribution < -0.4 is 15.5 Å². The molecule has 0 bridgehead atoms. The van der Waals surface area contributed by atoms with Crippen molar-refractivity contribution in [1.82, 2.24) is 10.7 Å². The predicted molar refractivity (Wildman–Crippen MR) is 140 cm³/mol. The van der Waals surface area contributed by atoms with Crippen LogP contribution in [0.2, 0.25) is 5.02 Å². The molecule has 0 saturated carbocycles. The van der Waals surface area contributed by atoms with Gasteiger partial charge in [0.15, 0.2) is 0 Å². The number of thiophene rings is 1. The summed E-state index contributed by atoms with van der Waals surface area (Å²) in [6, 6.07) is 22.7. The van der Waals surface area contributed by atoms with Crippen LogP contribution in [0.15, 0.2) is 82.4 Å². The lowest BCUT2D eigenvalue weighted by molar-refractivity contribution is -0.120. The van der Waals surface area contributed by atoms with Crippen molar-refractivity contribution in [1.29, 1.82) is 0 Å². The fourth-order valence-electron chi connectivity index (χ4n) is 3.10. The maximum atomic E-state index is 12.4. The zero-order valence-corrected chi connectivity index (χ0v) is 20.9. The second-order valence-corrected chi connectivity index (χ2v) is 9.55. The van der Waals surface area contributed by atoms with Crippen molar-refractivity contribution in [3.63, 3.8) is 0 Å². The van der Waals surface area contributed by atoms with Crippen molar-refractivity contribution >= 4 is 67.0 Å². The van der Waals surface area contributed by atoms with Crippen LogP contribution >= 0.6 is 38.9 Å². The maximum absolute atomic E-state index is 12.4. The van der Waals surface area contributed by atoms with E-state index in [1.807, 2.05) is 72.8 Å². The van der Waals surface area contributed by atoms with Gasteiger partial charge in [-0.3, -0.25) is 9.59 Å². The highest BCUT2D eigenvalue weighted by molar-refractivity contribution is 9.10. The predicted octanol–water partition coefficient (Wildman–Crippen LogP) is 5.78. The summed E-state index contributed by atoms with van der Waals surface area (Å²) in [7, 11) is 0. The molecule has 0 radical (unpaired) electrons. The molecule has 3 aromatic carbocycles. The quantitative estimate of drug-likeness (QED) is 0.213. The lowest BCUT2D eigenvalue weighted by Gasteiger charge is -2.07. The van der Waals surface area contributed by atoms with E-state index in [4.69, 9.17) is 16.3 Å². The lowest BCUT2D eigenvalue weighted by atomic mass is 10.2. The average molecular weight is 557 g/mol. The second-order valence-electron chi connectivity index (χ2n) is 7.21. The van der Waals surface area contributed by atoms with Gasteiger partial charge in [-0.15, -0.1) is 11.3 Å². The largest absolute Gasteiger partial charge is 0.489 e. The third kappa shape index (κ3) is 6.22. The number of carbonyl (C=O) groups excluding carboxylic acids is 2. The summed E-state index contributed by atoms with van der Waals surface area (Å²) in [5, 5.41) is 7.73. The molecule has 4 rings (SSSR count). The van der Waals surface area contributed by atoms with Crippen molar-refractivity contribution < 1.29 is 14.3 Å². The van der Waals surface area contributed by atoms with Gasteiger partial charge >= 0.3 is 0 Å². The van der Waals surface area contributed by atoms with E-state index in [1.165, 1.54) is 17.6 Å². The highest BCUT2D eigenvalue weighted by Gasteiger charge is 2.17. The molecular weight excluding hydrogens is 538 g/mol. The van der Waals surface area contributed by atoms with Crippen molar-refractivity contribution in [2.24, 2.45) is 5.10 Å². The van der Waals surface area contributed by atoms with Crippen LogP contribution in [0.4, 0.5) is 0 Å². The average Bonchev–Trinajstić information content (AvgIpc) is 3.18. The van der Waals surface area contributed by atoms with E-state index in [0.29, 0.717) is 22.3 Å². The number of carbonyl (C=O) groups is 2. The first-order valence-electron chi connectivity index (χ1n) is 10.2. The summed E-state index contributed by atoms with van der Waals surface area (Å²) in [6.07, 6.45) is 1.51. The number of hydrogen-bond acceptors (Lipinski definition) is 5. The number of fused-ring (bicyclic) bond motifs is 1. The number of rotatable bonds is 8. The number of hydrogen-bond donors (Lipinski definition) is 2. The Bertz CT molecular complexity index is 1370. The number of benzene rings is 3. The summed E-state index contributed by atoms with van der Waals surface area (Å²) in [5.74, 6) is -0.174. The van der Waals surface area contributed by atoms with Crippen LogP contribution in [-0.4, -0.2) is 24.6 Å². The summed E-state index contributed by atoms with van der Waals surface area (Å²) >= 11 is 11.0. The molecule has 0 spiro atoms. The molecule has 2 N–H and O–H groups in total. The van der Waals surface area contributed by atoms with Gasteiger partial charge in [-0.1, -0.05) is 70.0 Å². The minimum atomic E-state index is -0.455. The smallest absolute Gasteiger partial charge is 0.263 e. The summed E-state index contributed by atoms with van der Waals surface area (Å²) in [6.45, 7) is 0.205. The van der Waals surface area contributed by atoms with Gasteiger partial charge in [0.1, 0.15) is 17.2 Å². The van der Waals surface area contributed by atoms with Crippen LogP contribution in [0.1, 0.15) is 20.8 Å². The van der Waals surface area contributed by atoms with E-state index in [0.717, 1.165) is 25.7 Å². The normalized spacial score (nSPS) is 11.0. The summed E-state index contributed by atoms with van der Waals surface area (Å²) < 4.78 is 7.73. The van der Waals surface area contributed by atoms with E-state index >= 15 is 0 Å². The Hall–Kier alpha value is -3.20. The fraction of sp³-hybridized carbons (Fsp3) is 0.0800. The zero-order valence-electron chi connectivity index (χ0n) is 17.8. The molecule has 34 heavy (non-hydrogen) atoms. The zero-order chi connectivity index (χ0) is 23.9. The molecule has 1 aromatic heterocycles. The highest BCUT2D eigenvalue weighted by atomic mass is 79.9. The number of amides is 2. The molecule has 0 unspecified atom stereocenters. The topological polar surface area (TPSA) is 79.8 Å². The Morgan fingerprint density at radius 1 is 1.06 bits per heavy atom. The highest BCUT2D eigenvalue weighted by Crippen LogP contribution is 2.34. The molecule has 9 heteroatoms. The van der Waals surface area contributed by atoms with Gasteiger partial charge in [0.2, 0.25) is 0 Å². The standard InChI is InChI=1S/C25H19BrClN3O3S/c26-18-7-3-6-17(11-18)15-33-19-8-4-5-16(12-19)13-29-30-22(31)14-28-25(32)24-23(27)20-9-1-2-10-21(20)34-24/h1-13H,14-15H2,(H,28,32)(H,30,31). The molecule has 1 heterocycles. The van der Waals surface area contributed by atoms with E-state index in [2.05, 4.69) is 31.8 Å². The molecule has 0 aliphatic carbocycles. The van der Waals surface area contributed by atoms with Crippen molar-refractivity contribution in [2.75, 3.05) is 6.54 Å². The van der Waals surface area contributed by atoms with Crippen LogP contribution in [0.25, 0.3) is 10.1 Å². The van der Waals surface area contributed by atoms with Gasteiger partial charge < -0.3 is 10.1 Å². The van der Waals surface area contributed by atoms with Gasteiger partial charge in [-0.2, -0.15) is 5.10 Å². The molecule has 0 fully saturated rings. The summed E-state index contributed by atoms with van der Waals surface area (Å²) in [5.41, 5.74) is 4.20. The van der Waals surface area contributed by atoms with Crippen LogP contribution in [0, 0.1) is 0 Å². The third-order valence-corrected chi connectivity index (χ3v) is 6.87. The van der Waals surface area contributed by atoms with Gasteiger partial charge in [0.05, 0.1) is 17.8 Å². The van der Waals surface area contributed by atoms with E-state index in [9.17, 15) is 9.59 Å². The van der Waals surface area contributed by atoms with Gasteiger partial charge in [-0.25, -0.2) is 5.43 Å². The molecule has 4 aromatic rings. The molecule has 0 atom stereocenters. The number of halogens is 2.